The first kappa shape index (κ1) is 23.6. The molecule has 2 aromatic heterocycles. The number of likely N-dealkylation sites (tertiary alicyclic amines) is 1. The topological polar surface area (TPSA) is 89.7 Å². The highest BCUT2D eigenvalue weighted by Gasteiger charge is 2.57. The molecule has 0 bridgehead atoms. The van der Waals surface area contributed by atoms with Gasteiger partial charge in [0.15, 0.2) is 5.78 Å². The largest absolute Gasteiger partial charge is 0.375 e. The highest BCUT2D eigenvalue weighted by Crippen LogP contribution is 2.53. The van der Waals surface area contributed by atoms with Gasteiger partial charge in [0, 0.05) is 33.4 Å². The van der Waals surface area contributed by atoms with Crippen molar-refractivity contribution in [1.29, 1.82) is 0 Å². The quantitative estimate of drug-likeness (QED) is 0.484. The predicted octanol–water partition coefficient (Wildman–Crippen LogP) is 4.44. The molecular weight excluding hydrogens is 480 g/mol. The van der Waals surface area contributed by atoms with Crippen molar-refractivity contribution in [3.8, 4) is 0 Å². The van der Waals surface area contributed by atoms with Gasteiger partial charge in [-0.25, -0.2) is 0 Å². The van der Waals surface area contributed by atoms with Crippen molar-refractivity contribution >= 4 is 51.9 Å². The Bertz CT molecular complexity index is 1180. The van der Waals surface area contributed by atoms with E-state index in [-0.39, 0.29) is 18.3 Å². The number of nitrogens with two attached hydrogens (primary N) is 1. The molecule has 1 saturated heterocycles. The molecule has 4 unspecified atom stereocenters. The summed E-state index contributed by atoms with van der Waals surface area (Å²) in [6.45, 7) is 1.71. The third-order valence-corrected chi connectivity index (χ3v) is 8.27. The number of ketones is 1. The summed E-state index contributed by atoms with van der Waals surface area (Å²) in [5, 5.41) is 4.25. The fourth-order valence-electron chi connectivity index (χ4n) is 4.67. The number of amides is 2. The van der Waals surface area contributed by atoms with Crippen LogP contribution in [-0.2, 0) is 14.3 Å². The van der Waals surface area contributed by atoms with Gasteiger partial charge < -0.3 is 15.4 Å². The predicted molar refractivity (Wildman–Crippen MR) is 130 cm³/mol. The molecule has 2 N–H and O–H groups in total. The second-order valence-electron chi connectivity index (χ2n) is 7.94. The van der Waals surface area contributed by atoms with E-state index in [0.29, 0.717) is 10.6 Å². The summed E-state index contributed by atoms with van der Waals surface area (Å²) in [5.74, 6) is -2.55. The van der Waals surface area contributed by atoms with Crippen molar-refractivity contribution in [3.63, 3.8) is 0 Å². The molecule has 4 atom stereocenters. The first-order valence-electron chi connectivity index (χ1n) is 10.3. The van der Waals surface area contributed by atoms with Crippen LogP contribution >= 0.6 is 34.3 Å². The van der Waals surface area contributed by atoms with Crippen LogP contribution in [0.5, 0.6) is 0 Å². The van der Waals surface area contributed by atoms with Gasteiger partial charge in [-0.15, -0.1) is 22.7 Å². The van der Waals surface area contributed by atoms with Gasteiger partial charge in [-0.2, -0.15) is 0 Å². The molecule has 1 fully saturated rings. The molecule has 172 valence electrons. The molecule has 0 radical (unpaired) electrons. The van der Waals surface area contributed by atoms with Crippen LogP contribution in [0.2, 0.25) is 5.02 Å². The summed E-state index contributed by atoms with van der Waals surface area (Å²) in [4.78, 5) is 43.4. The van der Waals surface area contributed by atoms with Crippen LogP contribution in [-0.4, -0.2) is 42.3 Å². The maximum atomic E-state index is 14.0. The lowest BCUT2D eigenvalue weighted by Crippen LogP contribution is -2.47. The number of benzene rings is 1. The van der Waals surface area contributed by atoms with Crippen molar-refractivity contribution in [3.05, 3.63) is 79.1 Å². The summed E-state index contributed by atoms with van der Waals surface area (Å²) < 4.78 is 5.12. The smallest absolute Gasteiger partial charge is 0.249 e. The minimum absolute atomic E-state index is 0.187. The molecule has 4 rings (SSSR count). The van der Waals surface area contributed by atoms with E-state index in [1.165, 1.54) is 34.7 Å². The average Bonchev–Trinajstić information content (AvgIpc) is 3.51. The average molecular weight is 503 g/mol. The number of ether oxygens (including phenoxy) is 1. The van der Waals surface area contributed by atoms with E-state index in [1.807, 2.05) is 35.9 Å². The van der Waals surface area contributed by atoms with Crippen LogP contribution in [0.15, 0.2) is 53.2 Å². The zero-order valence-electron chi connectivity index (χ0n) is 18.1. The fourth-order valence-corrected chi connectivity index (χ4v) is 6.83. The first-order chi connectivity index (χ1) is 15.8. The lowest BCUT2D eigenvalue weighted by Gasteiger charge is -2.30. The van der Waals surface area contributed by atoms with Gasteiger partial charge in [-0.1, -0.05) is 29.8 Å². The summed E-state index contributed by atoms with van der Waals surface area (Å²) >= 11 is 9.09. The van der Waals surface area contributed by atoms with Crippen molar-refractivity contribution < 1.29 is 19.1 Å². The van der Waals surface area contributed by atoms with Gasteiger partial charge >= 0.3 is 0 Å². The summed E-state index contributed by atoms with van der Waals surface area (Å²) in [7, 11) is 1.42. The Morgan fingerprint density at radius 2 is 1.91 bits per heavy atom. The minimum atomic E-state index is -0.995. The number of primary amides is 1. The molecule has 1 aromatic carbocycles. The van der Waals surface area contributed by atoms with E-state index in [9.17, 15) is 14.4 Å². The lowest BCUT2D eigenvalue weighted by molar-refractivity contribution is -0.142. The molecule has 3 aromatic rings. The van der Waals surface area contributed by atoms with Crippen molar-refractivity contribution in [2.75, 3.05) is 13.7 Å². The highest BCUT2D eigenvalue weighted by molar-refractivity contribution is 7.10. The number of rotatable bonds is 7. The van der Waals surface area contributed by atoms with Gasteiger partial charge in [-0.05, 0) is 47.5 Å². The summed E-state index contributed by atoms with van der Waals surface area (Å²) in [6, 6.07) is 10.8. The number of halogens is 1. The maximum absolute atomic E-state index is 14.0. The Morgan fingerprint density at radius 3 is 2.48 bits per heavy atom. The number of thiophene rings is 2. The Hall–Kier alpha value is -2.52. The van der Waals surface area contributed by atoms with Crippen molar-refractivity contribution in [2.45, 2.75) is 24.9 Å². The number of aryl methyl sites for hydroxylation is 1. The normalized spacial score (nSPS) is 22.5. The van der Waals surface area contributed by atoms with Gasteiger partial charge in [0.1, 0.15) is 12.6 Å². The Morgan fingerprint density at radius 1 is 1.12 bits per heavy atom. The first-order valence-corrected chi connectivity index (χ1v) is 12.5. The minimum Gasteiger partial charge on any atom is -0.375 e. The van der Waals surface area contributed by atoms with Crippen LogP contribution in [0.25, 0.3) is 0 Å². The molecule has 6 nitrogen and oxygen atoms in total. The molecular formula is C24H23ClN2O4S2. The Balaban J connectivity index is 1.96. The van der Waals surface area contributed by atoms with Crippen LogP contribution in [0.3, 0.4) is 0 Å². The van der Waals surface area contributed by atoms with Crippen molar-refractivity contribution in [2.24, 2.45) is 11.7 Å². The van der Waals surface area contributed by atoms with E-state index in [1.54, 1.807) is 24.3 Å². The third kappa shape index (κ3) is 4.36. The second kappa shape index (κ2) is 9.77. The molecule has 0 aliphatic carbocycles. The number of methoxy groups -OCH3 is 1. The molecule has 33 heavy (non-hydrogen) atoms. The monoisotopic (exact) mass is 502 g/mol. The Kier molecular flexibility index (Phi) is 6.99. The van der Waals surface area contributed by atoms with Gasteiger partial charge in [0.2, 0.25) is 11.8 Å². The molecule has 0 spiro atoms. The third-order valence-electron chi connectivity index (χ3n) is 5.97. The fraction of sp³-hybridized carbons (Fsp3) is 0.292. The van der Waals surface area contributed by atoms with E-state index in [0.717, 1.165) is 15.3 Å². The van der Waals surface area contributed by atoms with Gasteiger partial charge in [0.05, 0.1) is 12.0 Å². The van der Waals surface area contributed by atoms with E-state index in [4.69, 9.17) is 22.1 Å². The Labute approximate surface area is 204 Å². The SMILES string of the molecule is COCC(=O)N1C(C(N)=O)C(c2cccs2)C(C(=O)c2cccc(Cl)c2)C1c1sccc1C. The van der Waals surface area contributed by atoms with Gasteiger partial charge in [-0.3, -0.25) is 14.4 Å². The molecule has 9 heteroatoms. The van der Waals surface area contributed by atoms with E-state index >= 15 is 0 Å². The van der Waals surface area contributed by atoms with Crippen molar-refractivity contribution in [1.82, 2.24) is 4.90 Å². The van der Waals surface area contributed by atoms with Crippen LogP contribution in [0.4, 0.5) is 0 Å². The number of Topliss-reactive ketones (excluding diaryl/α,β-unsaturated/α-hetero) is 1. The molecule has 0 saturated carbocycles. The maximum Gasteiger partial charge on any atom is 0.249 e. The van der Waals surface area contributed by atoms with E-state index in [2.05, 4.69) is 0 Å². The standard InChI is InChI=1S/C24H23ClN2O4S2/c1-13-8-10-33-23(13)20-19(22(29)14-5-3-6-15(25)11-14)18(16-7-4-9-32-16)21(24(26)30)27(20)17(28)12-31-2/h3-11,18-21H,12H2,1-2H3,(H2,26,30). The zero-order valence-corrected chi connectivity index (χ0v) is 20.5. The number of hydrogen-bond donors (Lipinski definition) is 1. The number of carbonyl (C=O) groups excluding carboxylic acids is 3. The molecule has 3 heterocycles. The lowest BCUT2D eigenvalue weighted by atomic mass is 9.79. The number of carbonyl (C=O) groups is 3. The number of nitrogens with zero attached hydrogens (tertiary/aromatic N) is 1. The number of hydrogen-bond acceptors (Lipinski definition) is 6. The van der Waals surface area contributed by atoms with Gasteiger partial charge in [0.25, 0.3) is 0 Å². The molecule has 1 aliphatic heterocycles. The van der Waals surface area contributed by atoms with Crippen LogP contribution in [0.1, 0.15) is 37.6 Å². The van der Waals surface area contributed by atoms with Crippen LogP contribution in [0, 0.1) is 12.8 Å². The van der Waals surface area contributed by atoms with Crippen LogP contribution < -0.4 is 5.73 Å². The molecule has 1 aliphatic rings. The second-order valence-corrected chi connectivity index (χ2v) is 10.3. The molecule has 2 amide bonds. The van der Waals surface area contributed by atoms with E-state index < -0.39 is 29.8 Å². The summed E-state index contributed by atoms with van der Waals surface area (Å²) in [6.07, 6.45) is 0. The highest BCUT2D eigenvalue weighted by atomic mass is 35.5. The summed E-state index contributed by atoms with van der Waals surface area (Å²) in [5.41, 5.74) is 7.27. The zero-order chi connectivity index (χ0) is 23.7.